The van der Waals surface area contributed by atoms with Gasteiger partial charge in [-0.15, -0.1) is 0 Å². The second kappa shape index (κ2) is 7.89. The molecule has 3 aromatic carbocycles. The van der Waals surface area contributed by atoms with Crippen LogP contribution in [0.2, 0.25) is 0 Å². The monoisotopic (exact) mass is 399 g/mol. The molecule has 0 aliphatic carbocycles. The van der Waals surface area contributed by atoms with Gasteiger partial charge in [0.1, 0.15) is 16.2 Å². The average molecular weight is 399 g/mol. The molecule has 0 amide bonds. The van der Waals surface area contributed by atoms with Crippen molar-refractivity contribution in [2.24, 2.45) is 0 Å². The van der Waals surface area contributed by atoms with E-state index < -0.39 is 21.0 Å². The number of carbonyl (C=O) groups is 1. The van der Waals surface area contributed by atoms with Gasteiger partial charge < -0.3 is 8.92 Å². The third-order valence-corrected chi connectivity index (χ3v) is 4.84. The molecular formula is C19H13NO7S. The maximum absolute atomic E-state index is 12.5. The summed E-state index contributed by atoms with van der Waals surface area (Å²) in [6.45, 7) is 0. The van der Waals surface area contributed by atoms with Crippen LogP contribution >= 0.6 is 0 Å². The number of ether oxygens (including phenoxy) is 1. The Labute approximate surface area is 160 Å². The van der Waals surface area contributed by atoms with E-state index in [0.717, 1.165) is 24.3 Å². The number of nitrogens with zero attached hydrogens (tertiary/aromatic N) is 1. The summed E-state index contributed by atoms with van der Waals surface area (Å²) in [5.74, 6) is -0.719. The summed E-state index contributed by atoms with van der Waals surface area (Å²) < 4.78 is 35.2. The number of hydrogen-bond acceptors (Lipinski definition) is 7. The van der Waals surface area contributed by atoms with Crippen LogP contribution in [0.5, 0.6) is 11.5 Å². The minimum atomic E-state index is -4.32. The summed E-state index contributed by atoms with van der Waals surface area (Å²) in [7, 11) is -4.32. The molecule has 142 valence electrons. The number of benzene rings is 3. The summed E-state index contributed by atoms with van der Waals surface area (Å²) in [5, 5.41) is 10.7. The van der Waals surface area contributed by atoms with Crippen LogP contribution in [0.1, 0.15) is 10.4 Å². The number of rotatable bonds is 6. The molecular weight excluding hydrogens is 386 g/mol. The second-order valence-electron chi connectivity index (χ2n) is 5.49. The molecule has 0 saturated carbocycles. The lowest BCUT2D eigenvalue weighted by atomic mass is 10.2. The smallest absolute Gasteiger partial charge is 0.347 e. The number of nitro groups is 1. The molecule has 0 aliphatic rings. The van der Waals surface area contributed by atoms with E-state index in [9.17, 15) is 23.3 Å². The Kier molecular flexibility index (Phi) is 5.37. The highest BCUT2D eigenvalue weighted by atomic mass is 32.2. The third-order valence-electron chi connectivity index (χ3n) is 3.60. The van der Waals surface area contributed by atoms with Gasteiger partial charge in [0.2, 0.25) is 0 Å². The molecule has 0 atom stereocenters. The number of esters is 1. The minimum absolute atomic E-state index is 0.0863. The van der Waals surface area contributed by atoms with E-state index in [2.05, 4.69) is 0 Å². The van der Waals surface area contributed by atoms with Gasteiger partial charge in [0.05, 0.1) is 4.92 Å². The van der Waals surface area contributed by atoms with E-state index in [1.54, 1.807) is 30.3 Å². The molecule has 0 radical (unpaired) electrons. The van der Waals surface area contributed by atoms with Crippen molar-refractivity contribution in [3.05, 3.63) is 94.5 Å². The topological polar surface area (TPSA) is 113 Å². The molecule has 0 saturated heterocycles. The summed E-state index contributed by atoms with van der Waals surface area (Å²) >= 11 is 0. The van der Waals surface area contributed by atoms with Gasteiger partial charge >= 0.3 is 16.1 Å². The van der Waals surface area contributed by atoms with Crippen molar-refractivity contribution < 1.29 is 27.1 Å². The first-order chi connectivity index (χ1) is 13.4. The molecule has 3 aromatic rings. The molecule has 0 aromatic heterocycles. The highest BCUT2D eigenvalue weighted by Crippen LogP contribution is 2.25. The van der Waals surface area contributed by atoms with Crippen molar-refractivity contribution >= 4 is 21.8 Å². The SMILES string of the molecule is O=C(Oc1ccccc1)c1ccccc1OS(=O)(=O)c1ccc([N+](=O)[O-])cc1. The summed E-state index contributed by atoms with van der Waals surface area (Å²) in [6.07, 6.45) is 0. The lowest BCUT2D eigenvalue weighted by molar-refractivity contribution is -0.384. The van der Waals surface area contributed by atoms with Crippen molar-refractivity contribution in [1.29, 1.82) is 0 Å². The molecule has 28 heavy (non-hydrogen) atoms. The van der Waals surface area contributed by atoms with Gasteiger partial charge in [0.25, 0.3) is 5.69 Å². The lowest BCUT2D eigenvalue weighted by Gasteiger charge is -2.11. The van der Waals surface area contributed by atoms with E-state index in [1.807, 2.05) is 0 Å². The molecule has 0 heterocycles. The van der Waals surface area contributed by atoms with E-state index in [1.165, 1.54) is 24.3 Å². The van der Waals surface area contributed by atoms with Crippen LogP contribution < -0.4 is 8.92 Å². The number of para-hydroxylation sites is 2. The fourth-order valence-corrected chi connectivity index (χ4v) is 3.21. The first-order valence-corrected chi connectivity index (χ1v) is 9.33. The van der Waals surface area contributed by atoms with E-state index >= 15 is 0 Å². The first kappa shape index (κ1) is 19.1. The van der Waals surface area contributed by atoms with Gasteiger partial charge in [-0.2, -0.15) is 8.42 Å². The van der Waals surface area contributed by atoms with Crippen LogP contribution in [0.25, 0.3) is 0 Å². The Morgan fingerprint density at radius 2 is 1.46 bits per heavy atom. The molecule has 0 bridgehead atoms. The fourth-order valence-electron chi connectivity index (χ4n) is 2.26. The van der Waals surface area contributed by atoms with E-state index in [-0.39, 0.29) is 21.9 Å². The first-order valence-electron chi connectivity index (χ1n) is 7.92. The Hall–Kier alpha value is -3.72. The fraction of sp³-hybridized carbons (Fsp3) is 0. The Morgan fingerprint density at radius 3 is 2.11 bits per heavy atom. The van der Waals surface area contributed by atoms with Crippen molar-refractivity contribution in [2.45, 2.75) is 4.90 Å². The van der Waals surface area contributed by atoms with Gasteiger partial charge in [-0.3, -0.25) is 10.1 Å². The molecule has 0 unspecified atom stereocenters. The quantitative estimate of drug-likeness (QED) is 0.205. The Bertz CT molecular complexity index is 1110. The van der Waals surface area contributed by atoms with Crippen molar-refractivity contribution in [3.63, 3.8) is 0 Å². The van der Waals surface area contributed by atoms with E-state index in [0.29, 0.717) is 5.75 Å². The summed E-state index contributed by atoms with van der Waals surface area (Å²) in [4.78, 5) is 22.2. The highest BCUT2D eigenvalue weighted by molar-refractivity contribution is 7.87. The number of nitro benzene ring substituents is 1. The zero-order valence-electron chi connectivity index (χ0n) is 14.2. The standard InChI is InChI=1S/C19H13NO7S/c21-19(26-15-6-2-1-3-7-15)17-8-4-5-9-18(17)27-28(24,25)16-12-10-14(11-13-16)20(22)23/h1-13H. The van der Waals surface area contributed by atoms with E-state index in [4.69, 9.17) is 8.92 Å². The lowest BCUT2D eigenvalue weighted by Crippen LogP contribution is -2.15. The number of hydrogen-bond donors (Lipinski definition) is 0. The van der Waals surface area contributed by atoms with Gasteiger partial charge in [0, 0.05) is 12.1 Å². The second-order valence-corrected chi connectivity index (χ2v) is 7.03. The van der Waals surface area contributed by atoms with Crippen LogP contribution in [0.3, 0.4) is 0 Å². The van der Waals surface area contributed by atoms with Crippen LogP contribution in [0.4, 0.5) is 5.69 Å². The largest absolute Gasteiger partial charge is 0.423 e. The minimum Gasteiger partial charge on any atom is -0.423 e. The molecule has 3 rings (SSSR count). The predicted molar refractivity (Wildman–Crippen MR) is 98.8 cm³/mol. The number of carbonyl (C=O) groups excluding carboxylic acids is 1. The maximum atomic E-state index is 12.5. The normalized spacial score (nSPS) is 10.9. The van der Waals surface area contributed by atoms with Crippen LogP contribution in [0, 0.1) is 10.1 Å². The van der Waals surface area contributed by atoms with Crippen LogP contribution in [-0.2, 0) is 10.1 Å². The van der Waals surface area contributed by atoms with Crippen LogP contribution in [-0.4, -0.2) is 19.3 Å². The molecule has 8 nitrogen and oxygen atoms in total. The summed E-state index contributed by atoms with van der Waals surface area (Å²) in [6, 6.07) is 18.2. The van der Waals surface area contributed by atoms with Crippen molar-refractivity contribution in [3.8, 4) is 11.5 Å². The Morgan fingerprint density at radius 1 is 0.857 bits per heavy atom. The third kappa shape index (κ3) is 4.33. The van der Waals surface area contributed by atoms with Crippen molar-refractivity contribution in [2.75, 3.05) is 0 Å². The number of non-ortho nitro benzene ring substituents is 1. The maximum Gasteiger partial charge on any atom is 0.347 e. The zero-order chi connectivity index (χ0) is 20.1. The van der Waals surface area contributed by atoms with Gasteiger partial charge in [0.15, 0.2) is 5.75 Å². The van der Waals surface area contributed by atoms with Gasteiger partial charge in [-0.25, -0.2) is 4.79 Å². The Balaban J connectivity index is 1.86. The summed E-state index contributed by atoms with van der Waals surface area (Å²) in [5.41, 5.74) is -0.345. The van der Waals surface area contributed by atoms with Crippen molar-refractivity contribution in [1.82, 2.24) is 0 Å². The predicted octanol–water partition coefficient (Wildman–Crippen LogP) is 3.58. The molecule has 0 spiro atoms. The average Bonchev–Trinajstić information content (AvgIpc) is 2.69. The molecule has 0 aliphatic heterocycles. The zero-order valence-corrected chi connectivity index (χ0v) is 15.0. The molecule has 9 heteroatoms. The molecule has 0 fully saturated rings. The molecule has 0 N–H and O–H groups in total. The highest BCUT2D eigenvalue weighted by Gasteiger charge is 2.22. The van der Waals surface area contributed by atoms with Gasteiger partial charge in [-0.05, 0) is 36.4 Å². The van der Waals surface area contributed by atoms with Gasteiger partial charge in [-0.1, -0.05) is 30.3 Å². The van der Waals surface area contributed by atoms with Crippen LogP contribution in [0.15, 0.2) is 83.8 Å².